The first-order valence-corrected chi connectivity index (χ1v) is 7.55. The highest BCUT2D eigenvalue weighted by Crippen LogP contribution is 2.18. The molecule has 2 aromatic heterocycles. The normalized spacial score (nSPS) is 13.5. The summed E-state index contributed by atoms with van der Waals surface area (Å²) in [5, 5.41) is 21.5. The van der Waals surface area contributed by atoms with Gasteiger partial charge in [0.1, 0.15) is 5.60 Å². The fraction of sp³-hybridized carbons (Fsp3) is 0.235. The van der Waals surface area contributed by atoms with Crippen LogP contribution in [0.2, 0.25) is 0 Å². The third-order valence-corrected chi connectivity index (χ3v) is 3.79. The summed E-state index contributed by atoms with van der Waals surface area (Å²) in [7, 11) is 1.77. The van der Waals surface area contributed by atoms with Crippen LogP contribution in [0.1, 0.15) is 22.8 Å². The van der Waals surface area contributed by atoms with Crippen LogP contribution in [0.5, 0.6) is 0 Å². The molecule has 2 N–H and O–H groups in total. The molecule has 24 heavy (non-hydrogen) atoms. The lowest BCUT2D eigenvalue weighted by atomic mass is 10.00. The number of nitrogens with one attached hydrogen (secondary N) is 1. The topological polar surface area (TPSA) is 85.0 Å². The van der Waals surface area contributed by atoms with Gasteiger partial charge in [0, 0.05) is 25.0 Å². The highest BCUT2D eigenvalue weighted by molar-refractivity contribution is 5.93. The number of aliphatic hydroxyl groups is 1. The number of hydrogen-bond donors (Lipinski definition) is 2. The number of carbonyl (C=O) groups is 1. The molecular weight excluding hydrogens is 306 g/mol. The second-order valence-corrected chi connectivity index (χ2v) is 5.87. The number of benzene rings is 1. The zero-order valence-corrected chi connectivity index (χ0v) is 13.5. The van der Waals surface area contributed by atoms with E-state index in [1.165, 1.54) is 6.20 Å². The van der Waals surface area contributed by atoms with Crippen molar-refractivity contribution >= 4 is 5.91 Å². The van der Waals surface area contributed by atoms with Crippen LogP contribution >= 0.6 is 0 Å². The average molecular weight is 325 g/mol. The molecule has 1 amide bonds. The van der Waals surface area contributed by atoms with Crippen molar-refractivity contribution in [3.05, 3.63) is 66.2 Å². The summed E-state index contributed by atoms with van der Waals surface area (Å²) in [5.41, 5.74) is 0.754. The molecule has 0 saturated heterocycles. The Balaban J connectivity index is 1.66. The van der Waals surface area contributed by atoms with E-state index in [2.05, 4.69) is 15.5 Å². The molecule has 0 radical (unpaired) electrons. The van der Waals surface area contributed by atoms with Gasteiger partial charge >= 0.3 is 0 Å². The summed E-state index contributed by atoms with van der Waals surface area (Å²) >= 11 is 0. The second kappa shape index (κ2) is 6.29. The molecule has 0 aliphatic carbocycles. The van der Waals surface area contributed by atoms with E-state index in [0.717, 1.165) is 5.69 Å². The molecule has 7 nitrogen and oxygen atoms in total. The molecule has 0 spiro atoms. The molecule has 0 fully saturated rings. The van der Waals surface area contributed by atoms with Gasteiger partial charge in [-0.1, -0.05) is 18.2 Å². The molecular formula is C17H19N5O2. The van der Waals surface area contributed by atoms with Crippen LogP contribution in [0.15, 0.2) is 55.1 Å². The molecule has 3 aromatic rings. The minimum atomic E-state index is -1.20. The SMILES string of the molecule is Cn1cc(C(C)(O)CNC(=O)c2cnn(-c3ccccc3)c2)cn1. The van der Waals surface area contributed by atoms with Gasteiger partial charge in [0.25, 0.3) is 5.91 Å². The maximum atomic E-state index is 12.3. The summed E-state index contributed by atoms with van der Waals surface area (Å²) in [4.78, 5) is 12.3. The number of amides is 1. The van der Waals surface area contributed by atoms with Crippen molar-refractivity contribution < 1.29 is 9.90 Å². The van der Waals surface area contributed by atoms with E-state index in [1.54, 1.807) is 41.9 Å². The first-order chi connectivity index (χ1) is 11.5. The highest BCUT2D eigenvalue weighted by Gasteiger charge is 2.25. The van der Waals surface area contributed by atoms with Gasteiger partial charge < -0.3 is 10.4 Å². The van der Waals surface area contributed by atoms with Crippen LogP contribution in [-0.2, 0) is 12.6 Å². The van der Waals surface area contributed by atoms with Crippen LogP contribution in [0.3, 0.4) is 0 Å². The van der Waals surface area contributed by atoms with Crippen molar-refractivity contribution in [1.29, 1.82) is 0 Å². The first-order valence-electron chi connectivity index (χ1n) is 7.55. The van der Waals surface area contributed by atoms with E-state index in [9.17, 15) is 9.90 Å². The van der Waals surface area contributed by atoms with Crippen LogP contribution < -0.4 is 5.32 Å². The summed E-state index contributed by atoms with van der Waals surface area (Å²) in [5.74, 6) is -0.290. The monoisotopic (exact) mass is 325 g/mol. The molecule has 0 aliphatic rings. The van der Waals surface area contributed by atoms with Gasteiger partial charge in [-0.05, 0) is 19.1 Å². The standard InChI is InChI=1S/C17H19N5O2/c1-17(24,14-9-19-21(2)11-14)12-18-16(23)13-8-20-22(10-13)15-6-4-3-5-7-15/h3-11,24H,12H2,1-2H3,(H,18,23). The van der Waals surface area contributed by atoms with Gasteiger partial charge in [-0.25, -0.2) is 4.68 Å². The fourth-order valence-electron chi connectivity index (χ4n) is 2.32. The van der Waals surface area contributed by atoms with Crippen molar-refractivity contribution in [2.24, 2.45) is 7.05 Å². The first kappa shape index (κ1) is 15.9. The molecule has 7 heteroatoms. The van der Waals surface area contributed by atoms with E-state index in [1.807, 2.05) is 30.3 Å². The lowest BCUT2D eigenvalue weighted by molar-refractivity contribution is 0.0526. The minimum absolute atomic E-state index is 0.0774. The van der Waals surface area contributed by atoms with Crippen molar-refractivity contribution in [2.45, 2.75) is 12.5 Å². The predicted molar refractivity (Wildman–Crippen MR) is 88.7 cm³/mol. The van der Waals surface area contributed by atoms with Gasteiger partial charge in [-0.3, -0.25) is 9.48 Å². The smallest absolute Gasteiger partial charge is 0.254 e. The van der Waals surface area contributed by atoms with E-state index < -0.39 is 5.60 Å². The number of aromatic nitrogens is 4. The Hall–Kier alpha value is -2.93. The maximum absolute atomic E-state index is 12.3. The lowest BCUT2D eigenvalue weighted by Crippen LogP contribution is -2.38. The minimum Gasteiger partial charge on any atom is -0.383 e. The predicted octanol–water partition coefficient (Wildman–Crippen LogP) is 1.24. The third-order valence-electron chi connectivity index (χ3n) is 3.79. The van der Waals surface area contributed by atoms with Gasteiger partial charge in [0.2, 0.25) is 0 Å². The Bertz CT molecular complexity index is 836. The van der Waals surface area contributed by atoms with E-state index >= 15 is 0 Å². The summed E-state index contributed by atoms with van der Waals surface area (Å²) < 4.78 is 3.24. The number of para-hydroxylation sites is 1. The van der Waals surface area contributed by atoms with Gasteiger partial charge in [0.05, 0.1) is 30.2 Å². The number of carbonyl (C=O) groups excluding carboxylic acids is 1. The van der Waals surface area contributed by atoms with Crippen molar-refractivity contribution in [1.82, 2.24) is 24.9 Å². The Morgan fingerprint density at radius 2 is 1.96 bits per heavy atom. The molecule has 1 aromatic carbocycles. The molecule has 0 bridgehead atoms. The number of aryl methyl sites for hydroxylation is 1. The molecule has 3 rings (SSSR count). The zero-order chi connectivity index (χ0) is 17.2. The average Bonchev–Trinajstić information content (AvgIpc) is 3.23. The Morgan fingerprint density at radius 1 is 1.21 bits per heavy atom. The van der Waals surface area contributed by atoms with E-state index in [-0.39, 0.29) is 12.5 Å². The highest BCUT2D eigenvalue weighted by atomic mass is 16.3. The van der Waals surface area contributed by atoms with Gasteiger partial charge in [-0.15, -0.1) is 0 Å². The second-order valence-electron chi connectivity index (χ2n) is 5.87. The molecule has 2 heterocycles. The van der Waals surface area contributed by atoms with Crippen LogP contribution in [0.25, 0.3) is 5.69 Å². The van der Waals surface area contributed by atoms with Crippen molar-refractivity contribution in [3.63, 3.8) is 0 Å². The van der Waals surface area contributed by atoms with Crippen LogP contribution in [0.4, 0.5) is 0 Å². The third kappa shape index (κ3) is 3.36. The van der Waals surface area contributed by atoms with Gasteiger partial charge in [0.15, 0.2) is 0 Å². The molecule has 0 saturated carbocycles. The molecule has 124 valence electrons. The number of nitrogens with zero attached hydrogens (tertiary/aromatic N) is 4. The molecule has 0 aliphatic heterocycles. The summed E-state index contributed by atoms with van der Waals surface area (Å²) in [6.45, 7) is 1.71. The maximum Gasteiger partial charge on any atom is 0.254 e. The van der Waals surface area contributed by atoms with Gasteiger partial charge in [-0.2, -0.15) is 10.2 Å². The van der Waals surface area contributed by atoms with Crippen LogP contribution in [0, 0.1) is 0 Å². The van der Waals surface area contributed by atoms with E-state index in [0.29, 0.717) is 11.1 Å². The molecule has 1 atom stereocenters. The summed E-state index contributed by atoms with van der Waals surface area (Å²) in [6, 6.07) is 9.54. The zero-order valence-electron chi connectivity index (χ0n) is 13.5. The Labute approximate surface area is 139 Å². The van der Waals surface area contributed by atoms with Crippen molar-refractivity contribution in [2.75, 3.05) is 6.54 Å². The summed E-state index contributed by atoms with van der Waals surface area (Å²) in [6.07, 6.45) is 6.46. The van der Waals surface area contributed by atoms with Crippen molar-refractivity contribution in [3.8, 4) is 5.69 Å². The Morgan fingerprint density at radius 3 is 2.62 bits per heavy atom. The number of hydrogen-bond acceptors (Lipinski definition) is 4. The Kier molecular flexibility index (Phi) is 4.18. The van der Waals surface area contributed by atoms with Crippen LogP contribution in [-0.4, -0.2) is 37.1 Å². The largest absolute Gasteiger partial charge is 0.383 e. The lowest BCUT2D eigenvalue weighted by Gasteiger charge is -2.22. The number of rotatable bonds is 5. The quantitative estimate of drug-likeness (QED) is 0.739. The molecule has 1 unspecified atom stereocenters. The van der Waals surface area contributed by atoms with E-state index in [4.69, 9.17) is 0 Å². The fourth-order valence-corrected chi connectivity index (χ4v) is 2.32.